The number of carbonyl (C=O) groups is 2. The van der Waals surface area contributed by atoms with Crippen molar-refractivity contribution in [2.75, 3.05) is 20.7 Å². The summed E-state index contributed by atoms with van der Waals surface area (Å²) in [7, 11) is 3.22. The van der Waals surface area contributed by atoms with Crippen LogP contribution in [0.15, 0.2) is 30.3 Å². The van der Waals surface area contributed by atoms with Crippen molar-refractivity contribution in [3.63, 3.8) is 0 Å². The van der Waals surface area contributed by atoms with Crippen molar-refractivity contribution in [2.24, 2.45) is 0 Å². The number of hydrogen-bond donors (Lipinski definition) is 1. The van der Waals surface area contributed by atoms with E-state index in [9.17, 15) is 9.59 Å². The molecule has 0 radical (unpaired) electrons. The lowest BCUT2D eigenvalue weighted by Crippen LogP contribution is -2.43. The van der Waals surface area contributed by atoms with E-state index in [1.807, 2.05) is 30.3 Å². The Balaban J connectivity index is 2.04. The average molecular weight is 262 g/mol. The minimum absolute atomic E-state index is 0.0451. The fourth-order valence-corrected chi connectivity index (χ4v) is 2.23. The van der Waals surface area contributed by atoms with Crippen LogP contribution in [-0.2, 0) is 14.3 Å². The average Bonchev–Trinajstić information content (AvgIpc) is 2.73. The van der Waals surface area contributed by atoms with Crippen LogP contribution in [0, 0.1) is 0 Å². The largest absolute Gasteiger partial charge is 0.367 e. The minimum Gasteiger partial charge on any atom is -0.367 e. The predicted molar refractivity (Wildman–Crippen MR) is 70.4 cm³/mol. The number of ether oxygens (including phenoxy) is 1. The van der Waals surface area contributed by atoms with Gasteiger partial charge in [0.05, 0.1) is 0 Å². The SMILES string of the molecule is CO[C@H](C(=O)N[C@H]1CCN(C)C1=O)c1ccccc1. The summed E-state index contributed by atoms with van der Waals surface area (Å²) in [4.78, 5) is 25.6. The molecule has 1 aromatic carbocycles. The zero-order valence-corrected chi connectivity index (χ0v) is 11.1. The molecule has 1 aromatic rings. The van der Waals surface area contributed by atoms with Gasteiger partial charge in [0.2, 0.25) is 5.91 Å². The van der Waals surface area contributed by atoms with Crippen LogP contribution in [0.25, 0.3) is 0 Å². The molecule has 1 aliphatic rings. The molecule has 0 unspecified atom stereocenters. The number of methoxy groups -OCH3 is 1. The number of amides is 2. The maximum atomic E-state index is 12.2. The van der Waals surface area contributed by atoms with Gasteiger partial charge in [0.1, 0.15) is 6.04 Å². The van der Waals surface area contributed by atoms with Crippen molar-refractivity contribution in [1.29, 1.82) is 0 Å². The highest BCUT2D eigenvalue weighted by Crippen LogP contribution is 2.17. The Kier molecular flexibility index (Phi) is 4.16. The number of rotatable bonds is 4. The van der Waals surface area contributed by atoms with Crippen LogP contribution in [0.5, 0.6) is 0 Å². The molecule has 5 nitrogen and oxygen atoms in total. The zero-order chi connectivity index (χ0) is 13.8. The summed E-state index contributed by atoms with van der Waals surface area (Å²) in [6, 6.07) is 8.81. The molecule has 2 amide bonds. The Morgan fingerprint density at radius 1 is 1.42 bits per heavy atom. The molecule has 0 aromatic heterocycles. The normalized spacial score (nSPS) is 20.4. The molecule has 0 saturated carbocycles. The van der Waals surface area contributed by atoms with Crippen molar-refractivity contribution in [3.05, 3.63) is 35.9 Å². The fraction of sp³-hybridized carbons (Fsp3) is 0.429. The van der Waals surface area contributed by atoms with Gasteiger partial charge >= 0.3 is 0 Å². The van der Waals surface area contributed by atoms with Crippen molar-refractivity contribution in [2.45, 2.75) is 18.6 Å². The van der Waals surface area contributed by atoms with E-state index in [-0.39, 0.29) is 11.8 Å². The smallest absolute Gasteiger partial charge is 0.254 e. The lowest BCUT2D eigenvalue weighted by molar-refractivity contribution is -0.136. The first-order chi connectivity index (χ1) is 9.13. The van der Waals surface area contributed by atoms with Gasteiger partial charge in [-0.25, -0.2) is 0 Å². The summed E-state index contributed by atoms with van der Waals surface area (Å²) in [5.74, 6) is -0.321. The van der Waals surface area contributed by atoms with Gasteiger partial charge in [-0.3, -0.25) is 9.59 Å². The Bertz CT molecular complexity index is 461. The molecule has 1 aliphatic heterocycles. The van der Waals surface area contributed by atoms with Crippen LogP contribution < -0.4 is 5.32 Å². The zero-order valence-electron chi connectivity index (χ0n) is 11.1. The van der Waals surface area contributed by atoms with Gasteiger partial charge in [-0.15, -0.1) is 0 Å². The quantitative estimate of drug-likeness (QED) is 0.870. The third kappa shape index (κ3) is 2.93. The number of likely N-dealkylation sites (N-methyl/N-ethyl adjacent to an activating group) is 1. The molecule has 0 bridgehead atoms. The van der Waals surface area contributed by atoms with Gasteiger partial charge in [0.25, 0.3) is 5.91 Å². The molecular weight excluding hydrogens is 244 g/mol. The molecule has 102 valence electrons. The molecule has 5 heteroatoms. The van der Waals surface area contributed by atoms with Crippen molar-refractivity contribution in [1.82, 2.24) is 10.2 Å². The van der Waals surface area contributed by atoms with E-state index < -0.39 is 12.1 Å². The first-order valence-corrected chi connectivity index (χ1v) is 6.26. The number of nitrogens with zero attached hydrogens (tertiary/aromatic N) is 1. The van der Waals surface area contributed by atoms with Crippen molar-refractivity contribution >= 4 is 11.8 Å². The van der Waals surface area contributed by atoms with Gasteiger partial charge in [-0.1, -0.05) is 30.3 Å². The number of nitrogens with one attached hydrogen (secondary N) is 1. The highest BCUT2D eigenvalue weighted by molar-refractivity contribution is 5.90. The monoisotopic (exact) mass is 262 g/mol. The number of likely N-dealkylation sites (tertiary alicyclic amines) is 1. The Morgan fingerprint density at radius 3 is 2.63 bits per heavy atom. The molecule has 0 aliphatic carbocycles. The van der Waals surface area contributed by atoms with Crippen LogP contribution in [0.1, 0.15) is 18.1 Å². The summed E-state index contributed by atoms with van der Waals surface area (Å²) in [5, 5.41) is 2.75. The Labute approximate surface area is 112 Å². The first kappa shape index (κ1) is 13.5. The van der Waals surface area contributed by atoms with E-state index >= 15 is 0 Å². The maximum absolute atomic E-state index is 12.2. The third-order valence-electron chi connectivity index (χ3n) is 3.32. The van der Waals surface area contributed by atoms with Gasteiger partial charge in [0, 0.05) is 20.7 Å². The van der Waals surface area contributed by atoms with E-state index in [1.54, 1.807) is 11.9 Å². The van der Waals surface area contributed by atoms with Crippen molar-refractivity contribution < 1.29 is 14.3 Å². The second-order valence-corrected chi connectivity index (χ2v) is 4.64. The molecule has 1 heterocycles. The molecule has 1 N–H and O–H groups in total. The van der Waals surface area contributed by atoms with Crippen molar-refractivity contribution in [3.8, 4) is 0 Å². The van der Waals surface area contributed by atoms with Crippen LogP contribution in [-0.4, -0.2) is 43.5 Å². The molecule has 1 saturated heterocycles. The van der Waals surface area contributed by atoms with E-state index in [4.69, 9.17) is 4.74 Å². The Morgan fingerprint density at radius 2 is 2.11 bits per heavy atom. The fourth-order valence-electron chi connectivity index (χ4n) is 2.23. The van der Waals surface area contributed by atoms with E-state index in [2.05, 4.69) is 5.32 Å². The number of hydrogen-bond acceptors (Lipinski definition) is 3. The van der Waals surface area contributed by atoms with E-state index in [0.717, 1.165) is 5.56 Å². The summed E-state index contributed by atoms with van der Waals surface area (Å²) in [6.07, 6.45) is -0.0355. The summed E-state index contributed by atoms with van der Waals surface area (Å²) in [6.45, 7) is 0.673. The Hall–Kier alpha value is -1.88. The van der Waals surface area contributed by atoms with Crippen LogP contribution in [0.2, 0.25) is 0 Å². The second-order valence-electron chi connectivity index (χ2n) is 4.64. The second kappa shape index (κ2) is 5.84. The van der Waals surface area contributed by atoms with Gasteiger partial charge in [-0.05, 0) is 12.0 Å². The summed E-state index contributed by atoms with van der Waals surface area (Å²) >= 11 is 0. The molecule has 2 atom stereocenters. The maximum Gasteiger partial charge on any atom is 0.254 e. The standard InChI is InChI=1S/C14H18N2O3/c1-16-9-8-11(14(16)18)15-13(17)12(19-2)10-6-4-3-5-7-10/h3-7,11-12H,8-9H2,1-2H3,(H,15,17)/t11-,12-/m0/s1. The third-order valence-corrected chi connectivity index (χ3v) is 3.32. The molecule has 19 heavy (non-hydrogen) atoms. The highest BCUT2D eigenvalue weighted by atomic mass is 16.5. The van der Waals surface area contributed by atoms with Crippen LogP contribution in [0.3, 0.4) is 0 Å². The minimum atomic E-state index is -0.681. The molecular formula is C14H18N2O3. The topological polar surface area (TPSA) is 58.6 Å². The summed E-state index contributed by atoms with van der Waals surface area (Å²) < 4.78 is 5.23. The van der Waals surface area contributed by atoms with Gasteiger partial charge in [0.15, 0.2) is 6.10 Å². The molecule has 0 spiro atoms. The number of carbonyl (C=O) groups excluding carboxylic acids is 2. The molecule has 1 fully saturated rings. The van der Waals surface area contributed by atoms with Gasteiger partial charge in [-0.2, -0.15) is 0 Å². The van der Waals surface area contributed by atoms with Gasteiger partial charge < -0.3 is 15.0 Å². The van der Waals surface area contributed by atoms with Crippen LogP contribution >= 0.6 is 0 Å². The van der Waals surface area contributed by atoms with E-state index in [0.29, 0.717) is 13.0 Å². The lowest BCUT2D eigenvalue weighted by Gasteiger charge is -2.18. The predicted octanol–water partition coefficient (Wildman–Crippen LogP) is 0.721. The lowest BCUT2D eigenvalue weighted by atomic mass is 10.1. The number of benzene rings is 1. The molecule has 2 rings (SSSR count). The first-order valence-electron chi connectivity index (χ1n) is 6.26. The van der Waals surface area contributed by atoms with E-state index in [1.165, 1.54) is 7.11 Å². The van der Waals surface area contributed by atoms with Crippen LogP contribution in [0.4, 0.5) is 0 Å². The highest BCUT2D eigenvalue weighted by Gasteiger charge is 2.32. The summed E-state index contributed by atoms with van der Waals surface area (Å²) in [5.41, 5.74) is 0.779.